The van der Waals surface area contributed by atoms with Gasteiger partial charge in [-0.25, -0.2) is 0 Å². The Kier molecular flexibility index (Phi) is 4.73. The van der Waals surface area contributed by atoms with Gasteiger partial charge in [0.1, 0.15) is 0 Å². The van der Waals surface area contributed by atoms with E-state index in [1.807, 2.05) is 40.1 Å². The Balaban J connectivity index is 1.49. The standard InChI is InChI=1S/C17H23N3O2/c21-16(12-14-6-7-18-13-14)19-8-10-20(11-9-19)17(22)15-4-2-1-3-5-15/h1-5,14,18H,6-13H2. The average molecular weight is 301 g/mol. The van der Waals surface area contributed by atoms with E-state index in [0.29, 0.717) is 38.5 Å². The van der Waals surface area contributed by atoms with Gasteiger partial charge in [0.25, 0.3) is 5.91 Å². The van der Waals surface area contributed by atoms with Crippen LogP contribution in [0.25, 0.3) is 0 Å². The van der Waals surface area contributed by atoms with E-state index >= 15 is 0 Å². The van der Waals surface area contributed by atoms with Crippen LogP contribution in [0.5, 0.6) is 0 Å². The largest absolute Gasteiger partial charge is 0.339 e. The molecule has 2 amide bonds. The van der Waals surface area contributed by atoms with E-state index in [0.717, 1.165) is 25.1 Å². The van der Waals surface area contributed by atoms with Crippen molar-refractivity contribution in [1.29, 1.82) is 0 Å². The summed E-state index contributed by atoms with van der Waals surface area (Å²) in [5, 5.41) is 3.30. The first-order chi connectivity index (χ1) is 10.7. The van der Waals surface area contributed by atoms with Crippen LogP contribution < -0.4 is 5.32 Å². The first-order valence-corrected chi connectivity index (χ1v) is 8.07. The van der Waals surface area contributed by atoms with Crippen LogP contribution in [-0.2, 0) is 4.79 Å². The van der Waals surface area contributed by atoms with E-state index in [1.54, 1.807) is 0 Å². The molecule has 1 unspecified atom stereocenters. The molecule has 0 radical (unpaired) electrons. The lowest BCUT2D eigenvalue weighted by Gasteiger charge is -2.35. The van der Waals surface area contributed by atoms with Gasteiger partial charge in [-0.3, -0.25) is 9.59 Å². The van der Waals surface area contributed by atoms with Crippen molar-refractivity contribution in [3.63, 3.8) is 0 Å². The molecule has 2 fully saturated rings. The lowest BCUT2D eigenvalue weighted by molar-refractivity contribution is -0.133. The van der Waals surface area contributed by atoms with Gasteiger partial charge in [0, 0.05) is 38.2 Å². The van der Waals surface area contributed by atoms with Crippen molar-refractivity contribution < 1.29 is 9.59 Å². The molecule has 2 saturated heterocycles. The Labute approximate surface area is 131 Å². The molecule has 5 nitrogen and oxygen atoms in total. The molecule has 0 bridgehead atoms. The number of hydrogen-bond donors (Lipinski definition) is 1. The van der Waals surface area contributed by atoms with Crippen molar-refractivity contribution in [3.8, 4) is 0 Å². The molecule has 22 heavy (non-hydrogen) atoms. The third kappa shape index (κ3) is 3.47. The highest BCUT2D eigenvalue weighted by Crippen LogP contribution is 2.15. The topological polar surface area (TPSA) is 52.7 Å². The second kappa shape index (κ2) is 6.92. The van der Waals surface area contributed by atoms with Crippen molar-refractivity contribution in [2.45, 2.75) is 12.8 Å². The highest BCUT2D eigenvalue weighted by atomic mass is 16.2. The molecule has 1 aromatic rings. The summed E-state index contributed by atoms with van der Waals surface area (Å²) in [4.78, 5) is 28.4. The van der Waals surface area contributed by atoms with E-state index in [-0.39, 0.29) is 11.8 Å². The molecule has 1 N–H and O–H groups in total. The van der Waals surface area contributed by atoms with Crippen LogP contribution in [0.3, 0.4) is 0 Å². The molecule has 1 atom stereocenters. The lowest BCUT2D eigenvalue weighted by Crippen LogP contribution is -2.50. The molecular formula is C17H23N3O2. The van der Waals surface area contributed by atoms with Gasteiger partial charge in [0.05, 0.1) is 0 Å². The Hall–Kier alpha value is -1.88. The van der Waals surface area contributed by atoms with Crippen LogP contribution in [0, 0.1) is 5.92 Å². The third-order valence-electron chi connectivity index (χ3n) is 4.57. The highest BCUT2D eigenvalue weighted by Gasteiger charge is 2.27. The summed E-state index contributed by atoms with van der Waals surface area (Å²) in [6.07, 6.45) is 1.73. The number of piperazine rings is 1. The Morgan fingerprint density at radius 2 is 1.73 bits per heavy atom. The van der Waals surface area contributed by atoms with Gasteiger partial charge in [-0.2, -0.15) is 0 Å². The van der Waals surface area contributed by atoms with E-state index in [1.165, 1.54) is 0 Å². The number of carbonyl (C=O) groups is 2. The van der Waals surface area contributed by atoms with Crippen LogP contribution in [-0.4, -0.2) is 60.9 Å². The fraction of sp³-hybridized carbons (Fsp3) is 0.529. The van der Waals surface area contributed by atoms with Crippen molar-refractivity contribution in [2.75, 3.05) is 39.3 Å². The highest BCUT2D eigenvalue weighted by molar-refractivity contribution is 5.94. The summed E-state index contributed by atoms with van der Waals surface area (Å²) in [5.74, 6) is 0.782. The maximum absolute atomic E-state index is 12.4. The summed E-state index contributed by atoms with van der Waals surface area (Å²) in [6.45, 7) is 4.54. The van der Waals surface area contributed by atoms with Gasteiger partial charge >= 0.3 is 0 Å². The van der Waals surface area contributed by atoms with Crippen molar-refractivity contribution >= 4 is 11.8 Å². The van der Waals surface area contributed by atoms with Gasteiger partial charge in [0.15, 0.2) is 0 Å². The van der Waals surface area contributed by atoms with Gasteiger partial charge in [-0.1, -0.05) is 18.2 Å². The molecule has 0 saturated carbocycles. The first kappa shape index (κ1) is 15.0. The zero-order chi connectivity index (χ0) is 15.4. The molecule has 0 aromatic heterocycles. The molecule has 0 spiro atoms. The minimum atomic E-state index is 0.0627. The minimum absolute atomic E-state index is 0.0627. The summed E-state index contributed by atoms with van der Waals surface area (Å²) in [5.41, 5.74) is 0.722. The average Bonchev–Trinajstić information content (AvgIpc) is 3.08. The number of nitrogens with zero attached hydrogens (tertiary/aromatic N) is 2. The lowest BCUT2D eigenvalue weighted by atomic mass is 10.0. The zero-order valence-electron chi connectivity index (χ0n) is 12.8. The quantitative estimate of drug-likeness (QED) is 0.905. The van der Waals surface area contributed by atoms with Crippen LogP contribution in [0.4, 0.5) is 0 Å². The first-order valence-electron chi connectivity index (χ1n) is 8.07. The molecule has 2 heterocycles. The summed E-state index contributed by atoms with van der Waals surface area (Å²) in [6, 6.07) is 9.34. The number of rotatable bonds is 3. The minimum Gasteiger partial charge on any atom is -0.339 e. The van der Waals surface area contributed by atoms with Crippen molar-refractivity contribution in [1.82, 2.24) is 15.1 Å². The van der Waals surface area contributed by atoms with Gasteiger partial charge in [-0.15, -0.1) is 0 Å². The van der Waals surface area contributed by atoms with Crippen LogP contribution in [0.2, 0.25) is 0 Å². The van der Waals surface area contributed by atoms with Gasteiger partial charge < -0.3 is 15.1 Å². The summed E-state index contributed by atoms with van der Waals surface area (Å²) < 4.78 is 0. The van der Waals surface area contributed by atoms with Gasteiger partial charge in [0.2, 0.25) is 5.91 Å². The maximum atomic E-state index is 12.4. The Bertz CT molecular complexity index is 518. The van der Waals surface area contributed by atoms with Crippen LogP contribution in [0.15, 0.2) is 30.3 Å². The predicted octanol–water partition coefficient (Wildman–Crippen LogP) is 0.971. The molecule has 118 valence electrons. The van der Waals surface area contributed by atoms with Gasteiger partial charge in [-0.05, 0) is 37.6 Å². The maximum Gasteiger partial charge on any atom is 0.253 e. The van der Waals surface area contributed by atoms with Crippen LogP contribution in [0.1, 0.15) is 23.2 Å². The fourth-order valence-corrected chi connectivity index (χ4v) is 3.19. The molecule has 3 rings (SSSR count). The SMILES string of the molecule is O=C(CC1CCNC1)N1CCN(C(=O)c2ccccc2)CC1. The Morgan fingerprint density at radius 1 is 1.05 bits per heavy atom. The fourth-order valence-electron chi connectivity index (χ4n) is 3.19. The monoisotopic (exact) mass is 301 g/mol. The van der Waals surface area contributed by atoms with E-state index in [9.17, 15) is 9.59 Å². The smallest absolute Gasteiger partial charge is 0.253 e. The molecule has 5 heteroatoms. The molecular weight excluding hydrogens is 278 g/mol. The zero-order valence-corrected chi connectivity index (χ0v) is 12.8. The Morgan fingerprint density at radius 3 is 2.36 bits per heavy atom. The van der Waals surface area contributed by atoms with Crippen molar-refractivity contribution in [2.24, 2.45) is 5.92 Å². The third-order valence-corrected chi connectivity index (χ3v) is 4.57. The molecule has 1 aromatic carbocycles. The number of carbonyl (C=O) groups excluding carboxylic acids is 2. The van der Waals surface area contributed by atoms with E-state index < -0.39 is 0 Å². The normalized spacial score (nSPS) is 21.9. The molecule has 2 aliphatic heterocycles. The number of hydrogen-bond acceptors (Lipinski definition) is 3. The number of amides is 2. The van der Waals surface area contributed by atoms with Crippen molar-refractivity contribution in [3.05, 3.63) is 35.9 Å². The van der Waals surface area contributed by atoms with E-state index in [4.69, 9.17) is 0 Å². The predicted molar refractivity (Wildman–Crippen MR) is 84.5 cm³/mol. The number of nitrogens with one attached hydrogen (secondary N) is 1. The summed E-state index contributed by atoms with van der Waals surface area (Å²) in [7, 11) is 0. The second-order valence-electron chi connectivity index (χ2n) is 6.10. The second-order valence-corrected chi connectivity index (χ2v) is 6.10. The number of benzene rings is 1. The van der Waals surface area contributed by atoms with E-state index in [2.05, 4.69) is 5.32 Å². The molecule has 0 aliphatic carbocycles. The van der Waals surface area contributed by atoms with Crippen LogP contribution >= 0.6 is 0 Å². The summed E-state index contributed by atoms with van der Waals surface area (Å²) >= 11 is 0. The molecule has 2 aliphatic rings.